The molecule has 1 aliphatic rings. The number of rotatable bonds is 3. The molecule has 0 unspecified atom stereocenters. The number of hydrogen-bond acceptors (Lipinski definition) is 4. The summed E-state index contributed by atoms with van der Waals surface area (Å²) in [6.45, 7) is 3.52. The summed E-state index contributed by atoms with van der Waals surface area (Å²) in [4.78, 5) is 4.45. The molecule has 0 spiro atoms. The first-order chi connectivity index (χ1) is 7.24. The van der Waals surface area contributed by atoms with Crippen LogP contribution in [0.2, 0.25) is 0 Å². The highest BCUT2D eigenvalue weighted by Crippen LogP contribution is 2.26. The SMILES string of the molecule is CCCc1nc(C2(N)CCOCC2)n[nH]1. The van der Waals surface area contributed by atoms with Crippen LogP contribution >= 0.6 is 0 Å². The van der Waals surface area contributed by atoms with Gasteiger partial charge in [0.1, 0.15) is 5.82 Å². The zero-order chi connectivity index (χ0) is 10.7. The Morgan fingerprint density at radius 3 is 2.87 bits per heavy atom. The predicted molar refractivity (Wildman–Crippen MR) is 56.3 cm³/mol. The molecule has 1 fully saturated rings. The zero-order valence-corrected chi connectivity index (χ0v) is 9.12. The Bertz CT molecular complexity index is 317. The van der Waals surface area contributed by atoms with Crippen molar-refractivity contribution in [2.24, 2.45) is 5.73 Å². The minimum absolute atomic E-state index is 0.388. The molecule has 15 heavy (non-hydrogen) atoms. The topological polar surface area (TPSA) is 76.8 Å². The molecule has 0 bridgehead atoms. The minimum atomic E-state index is -0.388. The molecule has 0 aliphatic carbocycles. The molecule has 2 heterocycles. The largest absolute Gasteiger partial charge is 0.381 e. The van der Waals surface area contributed by atoms with Crippen molar-refractivity contribution >= 4 is 0 Å². The Morgan fingerprint density at radius 1 is 1.47 bits per heavy atom. The van der Waals surface area contributed by atoms with Gasteiger partial charge in [-0.25, -0.2) is 4.98 Å². The van der Waals surface area contributed by atoms with E-state index in [1.165, 1.54) is 0 Å². The number of aromatic amines is 1. The average Bonchev–Trinajstić information content (AvgIpc) is 2.69. The number of aryl methyl sites for hydroxylation is 1. The van der Waals surface area contributed by atoms with Gasteiger partial charge < -0.3 is 10.5 Å². The van der Waals surface area contributed by atoms with Gasteiger partial charge in [-0.15, -0.1) is 0 Å². The van der Waals surface area contributed by atoms with E-state index in [4.69, 9.17) is 10.5 Å². The lowest BCUT2D eigenvalue weighted by Gasteiger charge is -2.30. The molecule has 1 aromatic heterocycles. The zero-order valence-electron chi connectivity index (χ0n) is 9.12. The van der Waals surface area contributed by atoms with Crippen LogP contribution in [0.15, 0.2) is 0 Å². The number of H-pyrrole nitrogens is 1. The standard InChI is InChI=1S/C10H18N4O/c1-2-3-8-12-9(14-13-8)10(11)4-6-15-7-5-10/h2-7,11H2,1H3,(H,12,13,14). The smallest absolute Gasteiger partial charge is 0.170 e. The molecule has 5 nitrogen and oxygen atoms in total. The van der Waals surface area contributed by atoms with Crippen molar-refractivity contribution in [2.75, 3.05) is 13.2 Å². The molecule has 0 saturated carbocycles. The van der Waals surface area contributed by atoms with Crippen molar-refractivity contribution in [3.63, 3.8) is 0 Å². The molecule has 1 saturated heterocycles. The number of hydrogen-bond donors (Lipinski definition) is 2. The van der Waals surface area contributed by atoms with E-state index in [1.807, 2.05) is 0 Å². The van der Waals surface area contributed by atoms with E-state index < -0.39 is 0 Å². The van der Waals surface area contributed by atoms with Crippen LogP contribution in [0.1, 0.15) is 37.8 Å². The van der Waals surface area contributed by atoms with Gasteiger partial charge in [0.05, 0.1) is 5.54 Å². The second-order valence-electron chi connectivity index (χ2n) is 4.12. The number of ether oxygens (including phenoxy) is 1. The molecule has 84 valence electrons. The highest BCUT2D eigenvalue weighted by atomic mass is 16.5. The Kier molecular flexibility index (Phi) is 3.02. The minimum Gasteiger partial charge on any atom is -0.381 e. The fraction of sp³-hybridized carbons (Fsp3) is 0.800. The Labute approximate surface area is 89.4 Å². The van der Waals surface area contributed by atoms with E-state index in [1.54, 1.807) is 0 Å². The van der Waals surface area contributed by atoms with Gasteiger partial charge in [0, 0.05) is 19.6 Å². The number of aromatic nitrogens is 3. The molecule has 5 heteroatoms. The molecule has 2 rings (SSSR count). The summed E-state index contributed by atoms with van der Waals surface area (Å²) in [6, 6.07) is 0. The summed E-state index contributed by atoms with van der Waals surface area (Å²) in [7, 11) is 0. The normalized spacial score (nSPS) is 20.4. The van der Waals surface area contributed by atoms with Gasteiger partial charge in [-0.3, -0.25) is 5.10 Å². The molecule has 0 atom stereocenters. The summed E-state index contributed by atoms with van der Waals surface area (Å²) in [5.41, 5.74) is 5.88. The van der Waals surface area contributed by atoms with E-state index in [0.717, 1.165) is 37.3 Å². The molecular formula is C10H18N4O. The molecule has 3 N–H and O–H groups in total. The first-order valence-corrected chi connectivity index (χ1v) is 5.53. The van der Waals surface area contributed by atoms with Crippen LogP contribution in [0, 0.1) is 0 Å². The van der Waals surface area contributed by atoms with Crippen molar-refractivity contribution < 1.29 is 4.74 Å². The lowest BCUT2D eigenvalue weighted by atomic mass is 9.91. The van der Waals surface area contributed by atoms with Crippen LogP contribution < -0.4 is 5.73 Å². The third-order valence-corrected chi connectivity index (χ3v) is 2.85. The number of nitrogens with zero attached hydrogens (tertiary/aromatic N) is 2. The third-order valence-electron chi connectivity index (χ3n) is 2.85. The maximum atomic E-state index is 6.26. The van der Waals surface area contributed by atoms with Crippen LogP contribution in [0.5, 0.6) is 0 Å². The van der Waals surface area contributed by atoms with Gasteiger partial charge >= 0.3 is 0 Å². The van der Waals surface area contributed by atoms with Gasteiger partial charge in [-0.1, -0.05) is 6.92 Å². The Morgan fingerprint density at radius 2 is 2.20 bits per heavy atom. The summed E-state index contributed by atoms with van der Waals surface area (Å²) < 4.78 is 5.29. The van der Waals surface area contributed by atoms with Crippen molar-refractivity contribution in [1.82, 2.24) is 15.2 Å². The van der Waals surface area contributed by atoms with Gasteiger partial charge in [0.15, 0.2) is 5.82 Å². The van der Waals surface area contributed by atoms with Gasteiger partial charge in [0.25, 0.3) is 0 Å². The van der Waals surface area contributed by atoms with Crippen LogP contribution in [-0.4, -0.2) is 28.4 Å². The van der Waals surface area contributed by atoms with Gasteiger partial charge in [-0.05, 0) is 19.3 Å². The van der Waals surface area contributed by atoms with Gasteiger partial charge in [0.2, 0.25) is 0 Å². The van der Waals surface area contributed by atoms with E-state index in [9.17, 15) is 0 Å². The highest BCUT2D eigenvalue weighted by molar-refractivity contribution is 5.06. The summed E-state index contributed by atoms with van der Waals surface area (Å²) >= 11 is 0. The summed E-state index contributed by atoms with van der Waals surface area (Å²) in [5.74, 6) is 1.68. The van der Waals surface area contributed by atoms with Crippen molar-refractivity contribution in [1.29, 1.82) is 0 Å². The van der Waals surface area contributed by atoms with E-state index in [-0.39, 0.29) is 5.54 Å². The third kappa shape index (κ3) is 2.18. The summed E-state index contributed by atoms with van der Waals surface area (Å²) in [6.07, 6.45) is 3.60. The fourth-order valence-electron chi connectivity index (χ4n) is 1.83. The second-order valence-corrected chi connectivity index (χ2v) is 4.12. The van der Waals surface area contributed by atoms with E-state index in [0.29, 0.717) is 13.2 Å². The first-order valence-electron chi connectivity index (χ1n) is 5.53. The predicted octanol–water partition coefficient (Wildman–Crippen LogP) is 0.722. The Hall–Kier alpha value is -0.940. The number of nitrogens with two attached hydrogens (primary N) is 1. The number of nitrogens with one attached hydrogen (secondary N) is 1. The molecule has 0 radical (unpaired) electrons. The van der Waals surface area contributed by atoms with Crippen molar-refractivity contribution in [2.45, 2.75) is 38.1 Å². The van der Waals surface area contributed by atoms with E-state index in [2.05, 4.69) is 22.1 Å². The van der Waals surface area contributed by atoms with E-state index >= 15 is 0 Å². The maximum Gasteiger partial charge on any atom is 0.170 e. The maximum absolute atomic E-state index is 6.26. The van der Waals surface area contributed by atoms with Crippen LogP contribution in [0.3, 0.4) is 0 Å². The second kappa shape index (κ2) is 4.28. The van der Waals surface area contributed by atoms with Crippen LogP contribution in [0.25, 0.3) is 0 Å². The molecule has 0 amide bonds. The van der Waals surface area contributed by atoms with Crippen molar-refractivity contribution in [3.05, 3.63) is 11.6 Å². The quantitative estimate of drug-likeness (QED) is 0.770. The molecular weight excluding hydrogens is 192 g/mol. The Balaban J connectivity index is 2.12. The molecule has 1 aromatic rings. The van der Waals surface area contributed by atoms with Crippen LogP contribution in [0.4, 0.5) is 0 Å². The monoisotopic (exact) mass is 210 g/mol. The van der Waals surface area contributed by atoms with Crippen LogP contribution in [-0.2, 0) is 16.7 Å². The van der Waals surface area contributed by atoms with Gasteiger partial charge in [-0.2, -0.15) is 5.10 Å². The highest BCUT2D eigenvalue weighted by Gasteiger charge is 2.33. The lowest BCUT2D eigenvalue weighted by Crippen LogP contribution is -2.43. The fourth-order valence-corrected chi connectivity index (χ4v) is 1.83. The first kappa shape index (κ1) is 10.6. The lowest BCUT2D eigenvalue weighted by molar-refractivity contribution is 0.0493. The molecule has 1 aliphatic heterocycles. The summed E-state index contributed by atoms with van der Waals surface area (Å²) in [5, 5.41) is 7.16. The average molecular weight is 210 g/mol. The van der Waals surface area contributed by atoms with Crippen molar-refractivity contribution in [3.8, 4) is 0 Å². The molecule has 0 aromatic carbocycles.